The number of nitrogens with one attached hydrogen (secondary N) is 2. The van der Waals surface area contributed by atoms with Crippen molar-refractivity contribution in [1.29, 1.82) is 0 Å². The molecular formula is C26H32N3O3+. The number of furan rings is 1. The third kappa shape index (κ3) is 5.19. The fourth-order valence-electron chi connectivity index (χ4n) is 4.54. The second-order valence-corrected chi connectivity index (χ2v) is 9.23. The molecule has 6 nitrogen and oxygen atoms in total. The summed E-state index contributed by atoms with van der Waals surface area (Å²) in [4.78, 5) is 26.4. The number of fused-ring (bicyclic) bond motifs is 1. The van der Waals surface area contributed by atoms with Gasteiger partial charge in [0, 0.05) is 18.4 Å². The van der Waals surface area contributed by atoms with Crippen molar-refractivity contribution in [3.63, 3.8) is 0 Å². The van der Waals surface area contributed by atoms with Crippen LogP contribution in [0.2, 0.25) is 0 Å². The van der Waals surface area contributed by atoms with E-state index in [1.165, 1.54) is 0 Å². The van der Waals surface area contributed by atoms with Crippen LogP contribution in [0, 0.1) is 5.92 Å². The van der Waals surface area contributed by atoms with Gasteiger partial charge in [-0.25, -0.2) is 4.59 Å². The van der Waals surface area contributed by atoms with E-state index < -0.39 is 6.04 Å². The molecule has 6 heteroatoms. The standard InChI is InChI=1S/C26H31N3O3/c1-19(2)16-24(27-25(30)22-12-11-20-8-3-4-9-21(20)17-22)26(31)28-29(13-5-6-14-29)18-23-10-7-15-32-23/h3-4,7-12,15,17,19,24H,5-6,13-14,16,18H2,1-2H3,(H-,27,28,30,31)/p+1/t24-/m0/s1. The molecule has 0 bridgehead atoms. The Morgan fingerprint density at radius 3 is 2.44 bits per heavy atom. The Morgan fingerprint density at radius 1 is 1.00 bits per heavy atom. The number of amides is 2. The number of rotatable bonds is 8. The summed E-state index contributed by atoms with van der Waals surface area (Å²) < 4.78 is 6.01. The molecule has 2 aromatic carbocycles. The SMILES string of the molecule is CC(C)C[C@H](NC(=O)c1ccc2ccccc2c1)C(=O)N[N+]1(Cc2ccco2)CCCC1. The number of likely N-dealkylation sites (tertiary alicyclic amines) is 1. The Bertz CT molecular complexity index is 1070. The molecule has 32 heavy (non-hydrogen) atoms. The average molecular weight is 435 g/mol. The maximum atomic E-state index is 13.4. The van der Waals surface area contributed by atoms with Crippen LogP contribution in [0.25, 0.3) is 10.8 Å². The Kier molecular flexibility index (Phi) is 6.61. The maximum absolute atomic E-state index is 13.4. The van der Waals surface area contributed by atoms with Gasteiger partial charge in [0.1, 0.15) is 19.1 Å². The van der Waals surface area contributed by atoms with Crippen LogP contribution < -0.4 is 10.7 Å². The molecule has 1 fully saturated rings. The predicted octanol–water partition coefficient (Wildman–Crippen LogP) is 4.42. The molecular weight excluding hydrogens is 402 g/mol. The minimum absolute atomic E-state index is 0.138. The lowest BCUT2D eigenvalue weighted by atomic mass is 10.0. The van der Waals surface area contributed by atoms with E-state index in [4.69, 9.17) is 4.42 Å². The van der Waals surface area contributed by atoms with Crippen LogP contribution in [-0.4, -0.2) is 35.5 Å². The largest absolute Gasteiger partial charge is 0.463 e. The van der Waals surface area contributed by atoms with E-state index in [-0.39, 0.29) is 17.7 Å². The van der Waals surface area contributed by atoms with Crippen molar-refractivity contribution < 1.29 is 18.6 Å². The number of nitrogens with zero attached hydrogens (tertiary/aromatic N) is 1. The van der Waals surface area contributed by atoms with Crippen LogP contribution in [0.15, 0.2) is 65.3 Å². The van der Waals surface area contributed by atoms with Crippen molar-refractivity contribution in [2.24, 2.45) is 5.92 Å². The van der Waals surface area contributed by atoms with Gasteiger partial charge >= 0.3 is 0 Å². The quantitative estimate of drug-likeness (QED) is 0.516. The minimum Gasteiger partial charge on any atom is -0.463 e. The topological polar surface area (TPSA) is 71.3 Å². The van der Waals surface area contributed by atoms with Gasteiger partial charge in [0.15, 0.2) is 12.3 Å². The normalized spacial score (nSPS) is 16.2. The lowest BCUT2D eigenvalue weighted by Crippen LogP contribution is -2.62. The molecule has 1 aromatic heterocycles. The monoisotopic (exact) mass is 434 g/mol. The number of carbonyl (C=O) groups excluding carboxylic acids is 2. The van der Waals surface area contributed by atoms with E-state index in [0.717, 1.165) is 42.5 Å². The van der Waals surface area contributed by atoms with Gasteiger partial charge in [-0.2, -0.15) is 5.43 Å². The van der Waals surface area contributed by atoms with E-state index in [1.807, 2.05) is 54.6 Å². The van der Waals surface area contributed by atoms with Crippen LogP contribution in [0.4, 0.5) is 0 Å². The molecule has 0 spiro atoms. The third-order valence-electron chi connectivity index (χ3n) is 6.15. The fourth-order valence-corrected chi connectivity index (χ4v) is 4.54. The van der Waals surface area contributed by atoms with Crippen molar-refractivity contribution in [3.8, 4) is 0 Å². The van der Waals surface area contributed by atoms with E-state index in [9.17, 15) is 9.59 Å². The van der Waals surface area contributed by atoms with Crippen molar-refractivity contribution in [1.82, 2.24) is 10.7 Å². The van der Waals surface area contributed by atoms with Crippen molar-refractivity contribution in [3.05, 3.63) is 72.2 Å². The highest BCUT2D eigenvalue weighted by Gasteiger charge is 2.38. The molecule has 1 saturated heterocycles. The van der Waals surface area contributed by atoms with Gasteiger partial charge in [-0.15, -0.1) is 0 Å². The average Bonchev–Trinajstić information content (AvgIpc) is 3.45. The van der Waals surface area contributed by atoms with Crippen LogP contribution >= 0.6 is 0 Å². The highest BCUT2D eigenvalue weighted by Crippen LogP contribution is 2.22. The van der Waals surface area contributed by atoms with Gasteiger partial charge in [0.25, 0.3) is 11.8 Å². The fraction of sp³-hybridized carbons (Fsp3) is 0.385. The predicted molar refractivity (Wildman–Crippen MR) is 124 cm³/mol. The second-order valence-electron chi connectivity index (χ2n) is 9.23. The molecule has 0 unspecified atom stereocenters. The van der Waals surface area contributed by atoms with Gasteiger partial charge in [0.05, 0.1) is 6.26 Å². The number of hydrogen-bond acceptors (Lipinski definition) is 3. The highest BCUT2D eigenvalue weighted by molar-refractivity contribution is 6.00. The molecule has 0 radical (unpaired) electrons. The summed E-state index contributed by atoms with van der Waals surface area (Å²) >= 11 is 0. The second kappa shape index (κ2) is 9.57. The van der Waals surface area contributed by atoms with Crippen molar-refractivity contribution in [2.75, 3.05) is 13.1 Å². The number of carbonyl (C=O) groups is 2. The molecule has 0 aliphatic carbocycles. The van der Waals surface area contributed by atoms with Gasteiger partial charge in [-0.1, -0.05) is 44.2 Å². The van der Waals surface area contributed by atoms with Crippen LogP contribution in [0.1, 0.15) is 49.2 Å². The van der Waals surface area contributed by atoms with E-state index in [2.05, 4.69) is 24.6 Å². The third-order valence-corrected chi connectivity index (χ3v) is 6.15. The zero-order valence-corrected chi connectivity index (χ0v) is 18.8. The van der Waals surface area contributed by atoms with E-state index in [0.29, 0.717) is 23.1 Å². The number of quaternary nitrogens is 1. The molecule has 1 aliphatic rings. The minimum atomic E-state index is -0.596. The van der Waals surface area contributed by atoms with E-state index in [1.54, 1.807) is 6.26 Å². The summed E-state index contributed by atoms with van der Waals surface area (Å²) in [5, 5.41) is 5.08. The van der Waals surface area contributed by atoms with Gasteiger partial charge in [-0.05, 0) is 47.4 Å². The Balaban J connectivity index is 1.50. The Labute approximate surface area is 189 Å². The Morgan fingerprint density at radius 2 is 1.75 bits per heavy atom. The van der Waals surface area contributed by atoms with Gasteiger partial charge in [0.2, 0.25) is 0 Å². The van der Waals surface area contributed by atoms with Gasteiger partial charge < -0.3 is 9.73 Å². The molecule has 2 N–H and O–H groups in total. The first-order valence-corrected chi connectivity index (χ1v) is 11.4. The van der Waals surface area contributed by atoms with Crippen LogP contribution in [0.5, 0.6) is 0 Å². The molecule has 1 atom stereocenters. The Hall–Kier alpha value is -3.12. The first kappa shape index (κ1) is 22.1. The van der Waals surface area contributed by atoms with Crippen molar-refractivity contribution in [2.45, 2.75) is 45.7 Å². The molecule has 2 heterocycles. The molecule has 0 saturated carbocycles. The van der Waals surface area contributed by atoms with Crippen LogP contribution in [-0.2, 0) is 11.3 Å². The maximum Gasteiger partial charge on any atom is 0.287 e. The van der Waals surface area contributed by atoms with Crippen molar-refractivity contribution >= 4 is 22.6 Å². The zero-order valence-electron chi connectivity index (χ0n) is 18.8. The molecule has 1 aliphatic heterocycles. The molecule has 4 rings (SSSR count). The summed E-state index contributed by atoms with van der Waals surface area (Å²) in [6.45, 7) is 6.46. The smallest absolute Gasteiger partial charge is 0.287 e. The molecule has 168 valence electrons. The molecule has 3 aromatic rings. The first-order valence-electron chi connectivity index (χ1n) is 11.4. The van der Waals surface area contributed by atoms with Gasteiger partial charge in [-0.3, -0.25) is 9.59 Å². The number of hydrogen-bond donors (Lipinski definition) is 2. The first-order chi connectivity index (χ1) is 15.4. The number of benzene rings is 2. The zero-order chi connectivity index (χ0) is 22.6. The van der Waals surface area contributed by atoms with E-state index >= 15 is 0 Å². The summed E-state index contributed by atoms with van der Waals surface area (Å²) in [5.41, 5.74) is 3.81. The summed E-state index contributed by atoms with van der Waals surface area (Å²) in [6.07, 6.45) is 4.35. The summed E-state index contributed by atoms with van der Waals surface area (Å²) in [5.74, 6) is 0.754. The highest BCUT2D eigenvalue weighted by atomic mass is 16.3. The summed E-state index contributed by atoms with van der Waals surface area (Å²) in [7, 11) is 0. The summed E-state index contributed by atoms with van der Waals surface area (Å²) in [6, 6.07) is 16.8. The lowest BCUT2D eigenvalue weighted by molar-refractivity contribution is -0.964. The van der Waals surface area contributed by atoms with Crippen LogP contribution in [0.3, 0.4) is 0 Å². The molecule has 2 amide bonds. The lowest BCUT2D eigenvalue weighted by Gasteiger charge is -2.34.